The summed E-state index contributed by atoms with van der Waals surface area (Å²) in [5.74, 6) is 0. The molecule has 0 radical (unpaired) electrons. The molecule has 98 valence electrons. The van der Waals surface area contributed by atoms with Gasteiger partial charge in [0.15, 0.2) is 0 Å². The van der Waals surface area contributed by atoms with Crippen molar-refractivity contribution in [3.63, 3.8) is 0 Å². The van der Waals surface area contributed by atoms with E-state index in [-0.39, 0.29) is 0 Å². The number of hydrogen-bond donors (Lipinski definition) is 1. The summed E-state index contributed by atoms with van der Waals surface area (Å²) in [5, 5.41) is 3.58. The highest BCUT2D eigenvalue weighted by atomic mass is 32.2. The molecule has 0 aromatic carbocycles. The molecule has 0 saturated heterocycles. The number of nitrogens with one attached hydrogen (secondary N) is 1. The quantitative estimate of drug-likeness (QED) is 0.810. The zero-order chi connectivity index (χ0) is 13.5. The van der Waals surface area contributed by atoms with Crippen LogP contribution in [0, 0.1) is 0 Å². The molecule has 0 fully saturated rings. The van der Waals surface area contributed by atoms with Gasteiger partial charge in [0, 0.05) is 0 Å². The molecule has 0 aromatic rings. The van der Waals surface area contributed by atoms with E-state index in [0.29, 0.717) is 0 Å². The molecule has 0 aliphatic carbocycles. The van der Waals surface area contributed by atoms with E-state index in [2.05, 4.69) is 5.32 Å². The average Bonchev–Trinajstić information content (AvgIpc) is 2.14. The SMILES string of the molecule is C/C=C(/C)S/C(=C/CC)NC(=O)OC(C)(C)C. The first kappa shape index (κ1) is 16.1. The lowest BCUT2D eigenvalue weighted by atomic mass is 10.2. The maximum Gasteiger partial charge on any atom is 0.412 e. The number of ether oxygens (including phenoxy) is 1. The van der Waals surface area contributed by atoms with Gasteiger partial charge in [-0.1, -0.05) is 30.8 Å². The summed E-state index contributed by atoms with van der Waals surface area (Å²) in [7, 11) is 0. The minimum absolute atomic E-state index is 0.409. The summed E-state index contributed by atoms with van der Waals surface area (Å²) in [6.07, 6.45) is 4.44. The van der Waals surface area contributed by atoms with Crippen LogP contribution in [0.15, 0.2) is 22.1 Å². The van der Waals surface area contributed by atoms with Crippen LogP contribution in [0.4, 0.5) is 4.79 Å². The Hall–Kier alpha value is -0.900. The maximum atomic E-state index is 11.6. The van der Waals surface area contributed by atoms with Gasteiger partial charge in [-0.15, -0.1) is 0 Å². The van der Waals surface area contributed by atoms with E-state index in [9.17, 15) is 4.79 Å². The normalized spacial score (nSPS) is 13.5. The fourth-order valence-electron chi connectivity index (χ4n) is 0.940. The van der Waals surface area contributed by atoms with Gasteiger partial charge in [-0.3, -0.25) is 5.32 Å². The highest BCUT2D eigenvalue weighted by molar-refractivity contribution is 8.06. The van der Waals surface area contributed by atoms with Crippen molar-refractivity contribution in [1.82, 2.24) is 5.32 Å². The molecule has 3 nitrogen and oxygen atoms in total. The van der Waals surface area contributed by atoms with Crippen molar-refractivity contribution >= 4 is 17.9 Å². The van der Waals surface area contributed by atoms with E-state index in [1.165, 1.54) is 11.8 Å². The number of thioether (sulfide) groups is 1. The number of carbonyl (C=O) groups is 1. The minimum Gasteiger partial charge on any atom is -0.444 e. The highest BCUT2D eigenvalue weighted by Gasteiger charge is 2.16. The van der Waals surface area contributed by atoms with E-state index in [1.54, 1.807) is 0 Å². The molecule has 0 aliphatic heterocycles. The smallest absolute Gasteiger partial charge is 0.412 e. The molecular formula is C13H23NO2S. The molecule has 0 spiro atoms. The number of amides is 1. The third-order valence-electron chi connectivity index (χ3n) is 1.69. The van der Waals surface area contributed by atoms with Crippen molar-refractivity contribution in [2.45, 2.75) is 53.6 Å². The summed E-state index contributed by atoms with van der Waals surface area (Å²) in [6, 6.07) is 0. The van der Waals surface area contributed by atoms with Gasteiger partial charge in [-0.25, -0.2) is 4.79 Å². The van der Waals surface area contributed by atoms with Crippen LogP contribution in [0.25, 0.3) is 0 Å². The lowest BCUT2D eigenvalue weighted by molar-refractivity contribution is 0.0550. The molecule has 0 aliphatic rings. The standard InChI is InChI=1S/C13H23NO2S/c1-7-9-11(17-10(3)8-2)14-12(15)16-13(4,5)6/h8-9H,7H2,1-6H3,(H,14,15)/b10-8-,11-9+. The van der Waals surface area contributed by atoms with Gasteiger partial charge < -0.3 is 4.74 Å². The number of allylic oxidation sites excluding steroid dienone is 3. The minimum atomic E-state index is -0.471. The number of rotatable bonds is 4. The Morgan fingerprint density at radius 1 is 1.41 bits per heavy atom. The molecule has 0 aromatic heterocycles. The van der Waals surface area contributed by atoms with Crippen LogP contribution < -0.4 is 5.32 Å². The highest BCUT2D eigenvalue weighted by Crippen LogP contribution is 2.23. The number of carbonyl (C=O) groups excluding carboxylic acids is 1. The van der Waals surface area contributed by atoms with E-state index in [4.69, 9.17) is 4.74 Å². The van der Waals surface area contributed by atoms with E-state index in [1.807, 2.05) is 53.7 Å². The summed E-state index contributed by atoms with van der Waals surface area (Å²) < 4.78 is 5.21. The maximum absolute atomic E-state index is 11.6. The topological polar surface area (TPSA) is 38.3 Å². The lowest BCUT2D eigenvalue weighted by Gasteiger charge is -2.20. The first-order valence-electron chi connectivity index (χ1n) is 5.79. The Balaban J connectivity index is 4.47. The van der Waals surface area contributed by atoms with Gasteiger partial charge in [-0.05, 0) is 45.9 Å². The largest absolute Gasteiger partial charge is 0.444 e. The third kappa shape index (κ3) is 8.86. The van der Waals surface area contributed by atoms with Crippen molar-refractivity contribution in [2.24, 2.45) is 0 Å². The Morgan fingerprint density at radius 2 is 2.00 bits per heavy atom. The molecule has 4 heteroatoms. The van der Waals surface area contributed by atoms with Crippen molar-refractivity contribution in [1.29, 1.82) is 0 Å². The zero-order valence-corrected chi connectivity index (χ0v) is 12.4. The van der Waals surface area contributed by atoms with Crippen LogP contribution >= 0.6 is 11.8 Å². The van der Waals surface area contributed by atoms with Crippen LogP contribution in [-0.4, -0.2) is 11.7 Å². The van der Waals surface area contributed by atoms with Gasteiger partial charge in [0.1, 0.15) is 5.60 Å². The van der Waals surface area contributed by atoms with Crippen molar-refractivity contribution in [3.8, 4) is 0 Å². The number of alkyl carbamates (subject to hydrolysis) is 1. The molecule has 17 heavy (non-hydrogen) atoms. The van der Waals surface area contributed by atoms with E-state index in [0.717, 1.165) is 16.4 Å². The van der Waals surface area contributed by atoms with Gasteiger partial charge in [0.2, 0.25) is 0 Å². The van der Waals surface area contributed by atoms with Gasteiger partial charge in [0.05, 0.1) is 5.03 Å². The van der Waals surface area contributed by atoms with Crippen molar-refractivity contribution in [3.05, 3.63) is 22.1 Å². The van der Waals surface area contributed by atoms with Crippen molar-refractivity contribution in [2.75, 3.05) is 0 Å². The third-order valence-corrected chi connectivity index (χ3v) is 2.74. The van der Waals surface area contributed by atoms with Gasteiger partial charge in [0.25, 0.3) is 0 Å². The second kappa shape index (κ2) is 7.43. The van der Waals surface area contributed by atoms with Crippen LogP contribution in [0.2, 0.25) is 0 Å². The zero-order valence-electron chi connectivity index (χ0n) is 11.6. The summed E-state index contributed by atoms with van der Waals surface area (Å²) in [4.78, 5) is 12.7. The van der Waals surface area contributed by atoms with Gasteiger partial charge in [-0.2, -0.15) is 0 Å². The fraction of sp³-hybridized carbons (Fsp3) is 0.615. The molecule has 0 bridgehead atoms. The van der Waals surface area contributed by atoms with Crippen LogP contribution in [-0.2, 0) is 4.74 Å². The van der Waals surface area contributed by atoms with Gasteiger partial charge >= 0.3 is 6.09 Å². The molecule has 1 amide bonds. The first-order chi connectivity index (χ1) is 7.78. The van der Waals surface area contributed by atoms with Crippen molar-refractivity contribution < 1.29 is 9.53 Å². The Labute approximate surface area is 109 Å². The molecule has 0 unspecified atom stereocenters. The predicted molar refractivity (Wildman–Crippen MR) is 74.8 cm³/mol. The second-order valence-electron chi connectivity index (χ2n) is 4.60. The molecule has 0 atom stereocenters. The second-order valence-corrected chi connectivity index (χ2v) is 5.89. The first-order valence-corrected chi connectivity index (χ1v) is 6.61. The van der Waals surface area contributed by atoms with Crippen LogP contribution in [0.1, 0.15) is 48.0 Å². The average molecular weight is 257 g/mol. The van der Waals surface area contributed by atoms with Crippen LogP contribution in [0.5, 0.6) is 0 Å². The molecule has 0 heterocycles. The summed E-state index contributed by atoms with van der Waals surface area (Å²) >= 11 is 1.53. The van der Waals surface area contributed by atoms with E-state index < -0.39 is 11.7 Å². The monoisotopic (exact) mass is 257 g/mol. The molecular weight excluding hydrogens is 234 g/mol. The van der Waals surface area contributed by atoms with E-state index >= 15 is 0 Å². The summed E-state index contributed by atoms with van der Waals surface area (Å²) in [6.45, 7) is 11.5. The predicted octanol–water partition coefficient (Wildman–Crippen LogP) is 4.42. The molecule has 1 N–H and O–H groups in total. The van der Waals surface area contributed by atoms with Crippen LogP contribution in [0.3, 0.4) is 0 Å². The molecule has 0 saturated carbocycles. The number of hydrogen-bond acceptors (Lipinski definition) is 3. The lowest BCUT2D eigenvalue weighted by Crippen LogP contribution is -2.31. The summed E-state index contributed by atoms with van der Waals surface area (Å²) in [5.41, 5.74) is -0.471. The Bertz CT molecular complexity index is 314. The molecule has 0 rings (SSSR count). The fourth-order valence-corrected chi connectivity index (χ4v) is 1.79. The Kier molecular flexibility index (Phi) is 7.04. The Morgan fingerprint density at radius 3 is 2.41 bits per heavy atom.